The number of carbonyl (C=O) groups excluding carboxylic acids is 3. The third kappa shape index (κ3) is 8.34. The highest BCUT2D eigenvalue weighted by Crippen LogP contribution is 2.23. The second-order valence-corrected chi connectivity index (χ2v) is 9.33. The number of rotatable bonds is 11. The molecule has 0 aromatic carbocycles. The Balaban J connectivity index is 2.75. The fourth-order valence-electron chi connectivity index (χ4n) is 2.64. The van der Waals surface area contributed by atoms with Gasteiger partial charge in [0.1, 0.15) is 6.04 Å². The SMILES string of the molecule is C=CCC(CC(=O)N[C@@H](C(=O)NC1CC1)C(C)(C)S)C(=O)N(O)CC(C)C. The van der Waals surface area contributed by atoms with Crippen molar-refractivity contribution in [2.75, 3.05) is 6.54 Å². The lowest BCUT2D eigenvalue weighted by Crippen LogP contribution is -2.56. The summed E-state index contributed by atoms with van der Waals surface area (Å²) in [6, 6.07) is -0.657. The number of hydrogen-bond acceptors (Lipinski definition) is 5. The molecular formula is C19H33N3O4S. The van der Waals surface area contributed by atoms with Crippen LogP contribution in [0.5, 0.6) is 0 Å². The first-order valence-electron chi connectivity index (χ1n) is 9.39. The standard InChI is InChI=1S/C19H33N3O4S/c1-6-7-13(18(25)22(26)11-12(2)3)10-15(23)21-16(19(4,5)27)17(24)20-14-8-9-14/h6,12-14,16,26-27H,1,7-11H2,2-5H3,(H,20,24)(H,21,23)/t13?,16-/m0/s1. The zero-order valence-electron chi connectivity index (χ0n) is 16.7. The van der Waals surface area contributed by atoms with Gasteiger partial charge < -0.3 is 10.6 Å². The third-order valence-corrected chi connectivity index (χ3v) is 4.48. The summed E-state index contributed by atoms with van der Waals surface area (Å²) >= 11 is 4.44. The monoisotopic (exact) mass is 399 g/mol. The van der Waals surface area contributed by atoms with E-state index in [1.165, 1.54) is 0 Å². The summed E-state index contributed by atoms with van der Waals surface area (Å²) in [5.41, 5.74) is 0. The molecule has 1 fully saturated rings. The topological polar surface area (TPSA) is 98.7 Å². The molecule has 2 atom stereocenters. The van der Waals surface area contributed by atoms with Gasteiger partial charge in [-0.15, -0.1) is 6.58 Å². The Labute approximate surface area is 167 Å². The number of allylic oxidation sites excluding steroid dienone is 1. The Kier molecular flexibility index (Phi) is 8.81. The summed E-state index contributed by atoms with van der Waals surface area (Å²) < 4.78 is -0.771. The van der Waals surface area contributed by atoms with Crippen molar-refractivity contribution in [2.45, 2.75) is 70.2 Å². The van der Waals surface area contributed by atoms with E-state index in [0.29, 0.717) is 5.06 Å². The molecule has 0 spiro atoms. The summed E-state index contributed by atoms with van der Waals surface area (Å²) in [4.78, 5) is 37.4. The lowest BCUT2D eigenvalue weighted by molar-refractivity contribution is -0.172. The van der Waals surface area contributed by atoms with E-state index in [2.05, 4.69) is 29.8 Å². The smallest absolute Gasteiger partial charge is 0.249 e. The van der Waals surface area contributed by atoms with Gasteiger partial charge in [0.15, 0.2) is 0 Å². The van der Waals surface area contributed by atoms with Gasteiger partial charge in [-0.1, -0.05) is 19.9 Å². The zero-order valence-corrected chi connectivity index (χ0v) is 17.6. The number of thiol groups is 1. The van der Waals surface area contributed by atoms with E-state index in [-0.39, 0.29) is 37.3 Å². The van der Waals surface area contributed by atoms with Gasteiger partial charge >= 0.3 is 0 Å². The Morgan fingerprint density at radius 1 is 1.33 bits per heavy atom. The van der Waals surface area contributed by atoms with E-state index in [1.807, 2.05) is 13.8 Å². The molecule has 0 bridgehead atoms. The predicted molar refractivity (Wildman–Crippen MR) is 107 cm³/mol. The van der Waals surface area contributed by atoms with Crippen LogP contribution in [0.1, 0.15) is 53.4 Å². The van der Waals surface area contributed by atoms with Crippen LogP contribution in [0.4, 0.5) is 0 Å². The molecule has 0 aromatic heterocycles. The van der Waals surface area contributed by atoms with E-state index in [4.69, 9.17) is 0 Å². The Bertz CT molecular complexity index is 556. The molecular weight excluding hydrogens is 366 g/mol. The molecule has 1 aliphatic carbocycles. The van der Waals surface area contributed by atoms with Crippen LogP contribution in [0.15, 0.2) is 12.7 Å². The highest BCUT2D eigenvalue weighted by atomic mass is 32.1. The molecule has 0 aromatic rings. The van der Waals surface area contributed by atoms with Gasteiger partial charge in [-0.05, 0) is 39.0 Å². The highest BCUT2D eigenvalue weighted by molar-refractivity contribution is 7.81. The van der Waals surface area contributed by atoms with Crippen molar-refractivity contribution >= 4 is 30.4 Å². The summed E-state index contributed by atoms with van der Waals surface area (Å²) in [7, 11) is 0. The Hall–Kier alpha value is -1.54. The van der Waals surface area contributed by atoms with Crippen molar-refractivity contribution < 1.29 is 19.6 Å². The number of hydrogen-bond donors (Lipinski definition) is 4. The van der Waals surface area contributed by atoms with E-state index in [0.717, 1.165) is 12.8 Å². The number of nitrogens with zero attached hydrogens (tertiary/aromatic N) is 1. The third-order valence-electron chi connectivity index (χ3n) is 4.22. The second-order valence-electron chi connectivity index (χ2n) is 8.18. The molecule has 1 aliphatic rings. The van der Waals surface area contributed by atoms with Crippen molar-refractivity contribution in [3.8, 4) is 0 Å². The summed E-state index contributed by atoms with van der Waals surface area (Å²) in [5, 5.41) is 16.2. The lowest BCUT2D eigenvalue weighted by atomic mass is 9.97. The minimum atomic E-state index is -0.825. The average Bonchev–Trinajstić information content (AvgIpc) is 3.33. The molecule has 0 aliphatic heterocycles. The van der Waals surface area contributed by atoms with Crippen molar-refractivity contribution in [1.82, 2.24) is 15.7 Å². The van der Waals surface area contributed by atoms with Crippen LogP contribution in [0, 0.1) is 11.8 Å². The van der Waals surface area contributed by atoms with Gasteiger partial charge in [0.2, 0.25) is 17.7 Å². The molecule has 8 heteroatoms. The van der Waals surface area contributed by atoms with Crippen molar-refractivity contribution in [2.24, 2.45) is 11.8 Å². The highest BCUT2D eigenvalue weighted by Gasteiger charge is 2.37. The number of hydroxylamine groups is 2. The number of carbonyl (C=O) groups is 3. The minimum Gasteiger partial charge on any atom is -0.352 e. The summed E-state index contributed by atoms with van der Waals surface area (Å²) in [6.45, 7) is 11.1. The van der Waals surface area contributed by atoms with Gasteiger partial charge in [-0.2, -0.15) is 12.6 Å². The fourth-order valence-corrected chi connectivity index (χ4v) is 2.82. The van der Waals surface area contributed by atoms with Gasteiger partial charge in [-0.25, -0.2) is 5.06 Å². The van der Waals surface area contributed by atoms with E-state index < -0.39 is 28.5 Å². The quantitative estimate of drug-likeness (QED) is 0.185. The van der Waals surface area contributed by atoms with Crippen LogP contribution in [0.3, 0.4) is 0 Å². The van der Waals surface area contributed by atoms with Crippen LogP contribution >= 0.6 is 12.6 Å². The van der Waals surface area contributed by atoms with Crippen molar-refractivity contribution in [3.05, 3.63) is 12.7 Å². The van der Waals surface area contributed by atoms with E-state index >= 15 is 0 Å². The zero-order chi connectivity index (χ0) is 20.8. The molecule has 1 rings (SSSR count). The molecule has 1 unspecified atom stereocenters. The largest absolute Gasteiger partial charge is 0.352 e. The van der Waals surface area contributed by atoms with E-state index in [9.17, 15) is 19.6 Å². The molecule has 0 saturated heterocycles. The van der Waals surface area contributed by atoms with Gasteiger partial charge in [0.05, 0.1) is 12.5 Å². The predicted octanol–water partition coefficient (Wildman–Crippen LogP) is 1.91. The first-order chi connectivity index (χ1) is 12.5. The summed E-state index contributed by atoms with van der Waals surface area (Å²) in [6.07, 6.45) is 3.54. The molecule has 7 nitrogen and oxygen atoms in total. The Morgan fingerprint density at radius 3 is 2.37 bits per heavy atom. The fraction of sp³-hybridized carbons (Fsp3) is 0.737. The molecule has 0 radical (unpaired) electrons. The molecule has 1 saturated carbocycles. The van der Waals surface area contributed by atoms with Crippen LogP contribution in [-0.4, -0.2) is 51.4 Å². The average molecular weight is 400 g/mol. The maximum Gasteiger partial charge on any atom is 0.249 e. The molecule has 3 N–H and O–H groups in total. The summed E-state index contributed by atoms with van der Waals surface area (Å²) in [5.74, 6) is -1.88. The molecule has 154 valence electrons. The van der Waals surface area contributed by atoms with Crippen LogP contribution in [0.25, 0.3) is 0 Å². The maximum absolute atomic E-state index is 12.5. The lowest BCUT2D eigenvalue weighted by Gasteiger charge is -2.30. The minimum absolute atomic E-state index is 0.0950. The maximum atomic E-state index is 12.5. The van der Waals surface area contributed by atoms with Crippen molar-refractivity contribution in [1.29, 1.82) is 0 Å². The second kappa shape index (κ2) is 10.1. The molecule has 27 heavy (non-hydrogen) atoms. The Morgan fingerprint density at radius 2 is 1.93 bits per heavy atom. The molecule has 0 heterocycles. The van der Waals surface area contributed by atoms with Crippen LogP contribution < -0.4 is 10.6 Å². The van der Waals surface area contributed by atoms with Crippen LogP contribution in [0.2, 0.25) is 0 Å². The van der Waals surface area contributed by atoms with E-state index in [1.54, 1.807) is 19.9 Å². The van der Waals surface area contributed by atoms with Crippen LogP contribution in [-0.2, 0) is 14.4 Å². The van der Waals surface area contributed by atoms with Crippen molar-refractivity contribution in [3.63, 3.8) is 0 Å². The van der Waals surface area contributed by atoms with Gasteiger partial charge in [0.25, 0.3) is 0 Å². The van der Waals surface area contributed by atoms with Gasteiger partial charge in [0, 0.05) is 17.2 Å². The van der Waals surface area contributed by atoms with Gasteiger partial charge in [-0.3, -0.25) is 19.6 Å². The first kappa shape index (κ1) is 23.5. The molecule has 3 amide bonds. The first-order valence-corrected chi connectivity index (χ1v) is 9.83. The normalized spacial score (nSPS) is 16.4. The number of nitrogens with one attached hydrogen (secondary N) is 2. The number of amides is 3.